The van der Waals surface area contributed by atoms with Crippen LogP contribution in [-0.4, -0.2) is 5.25 Å². The van der Waals surface area contributed by atoms with Gasteiger partial charge in [-0.25, -0.2) is 0 Å². The van der Waals surface area contributed by atoms with E-state index in [1.165, 1.54) is 34.3 Å². The molecule has 1 aliphatic rings. The van der Waals surface area contributed by atoms with Gasteiger partial charge in [-0.15, -0.1) is 0 Å². The summed E-state index contributed by atoms with van der Waals surface area (Å²) in [5.41, 5.74) is 0. The summed E-state index contributed by atoms with van der Waals surface area (Å²) in [5.74, 6) is 0. The van der Waals surface area contributed by atoms with Crippen LogP contribution >= 0.6 is 11.8 Å². The Balaban J connectivity index is 0.00000165. The molecule has 5 aromatic carbocycles. The minimum atomic E-state index is -0.113. The van der Waals surface area contributed by atoms with Crippen LogP contribution in [0.5, 0.6) is 0 Å². The average Bonchev–Trinajstić information content (AvgIpc) is 3.06. The second-order valence-corrected chi connectivity index (χ2v) is 14.6. The van der Waals surface area contributed by atoms with Crippen molar-refractivity contribution in [2.75, 3.05) is 0 Å². The molecule has 1 aliphatic carbocycles. The van der Waals surface area contributed by atoms with Crippen molar-refractivity contribution < 1.29 is 0 Å². The third-order valence-corrected chi connectivity index (χ3v) is 12.4. The lowest BCUT2D eigenvalue weighted by Gasteiger charge is -2.18. The molecule has 3 heteroatoms. The topological polar surface area (TPSA) is 0 Å². The Morgan fingerprint density at radius 1 is 0.512 bits per heavy atom. The SMILES string of the molecule is C1=CC([S+](c2ccccc2)c2ccccc2)CC=C1Sc1ccc([S+](c2ccccc2)c2ccccc2)cc1.CC. The zero-order valence-electron chi connectivity index (χ0n) is 23.6. The van der Waals surface area contributed by atoms with Crippen molar-refractivity contribution in [3.63, 3.8) is 0 Å². The van der Waals surface area contributed by atoms with E-state index in [1.54, 1.807) is 0 Å². The van der Waals surface area contributed by atoms with Gasteiger partial charge in [-0.1, -0.05) is 104 Å². The molecule has 0 bridgehead atoms. The van der Waals surface area contributed by atoms with E-state index in [-0.39, 0.29) is 21.8 Å². The summed E-state index contributed by atoms with van der Waals surface area (Å²) in [6.07, 6.45) is 8.24. The second-order valence-electron chi connectivity index (χ2n) is 9.21. The fourth-order valence-electron chi connectivity index (χ4n) is 4.75. The standard InChI is InChI=1S/C36H30S3.C2H6/c1-5-13-31(14-6-1)38(32-15-7-2-8-16-32)35-25-21-29(22-26-35)37-30-23-27-36(28-24-30)39(33-17-9-3-10-18-33)34-19-11-4-12-20-34;1-2/h1-27,36H,28H2;1-2H3/q+2;. The van der Waals surface area contributed by atoms with Gasteiger partial charge in [0.25, 0.3) is 0 Å². The van der Waals surface area contributed by atoms with Crippen molar-refractivity contribution in [3.05, 3.63) is 169 Å². The molecule has 0 fully saturated rings. The maximum atomic E-state index is 2.43. The van der Waals surface area contributed by atoms with Crippen LogP contribution in [0.3, 0.4) is 0 Å². The summed E-state index contributed by atoms with van der Waals surface area (Å²) in [7, 11) is -0.0969. The van der Waals surface area contributed by atoms with Crippen molar-refractivity contribution in [2.45, 2.75) is 54.9 Å². The first kappa shape index (κ1) is 29.1. The molecule has 0 aliphatic heterocycles. The molecular weight excluding hydrogens is 553 g/mol. The van der Waals surface area contributed by atoms with Crippen molar-refractivity contribution >= 4 is 33.6 Å². The molecule has 5 aromatic rings. The van der Waals surface area contributed by atoms with Crippen LogP contribution in [0, 0.1) is 0 Å². The molecule has 1 unspecified atom stereocenters. The van der Waals surface area contributed by atoms with Gasteiger partial charge in [-0.3, -0.25) is 0 Å². The fraction of sp³-hybridized carbons (Fsp3) is 0.105. The van der Waals surface area contributed by atoms with Crippen LogP contribution in [0.25, 0.3) is 0 Å². The Labute approximate surface area is 256 Å². The molecule has 0 heterocycles. The lowest BCUT2D eigenvalue weighted by molar-refractivity contribution is 1.03. The maximum Gasteiger partial charge on any atom is 0.166 e. The Morgan fingerprint density at radius 3 is 1.34 bits per heavy atom. The largest absolute Gasteiger partial charge is 0.166 e. The number of allylic oxidation sites excluding steroid dienone is 2. The van der Waals surface area contributed by atoms with Crippen LogP contribution in [0.1, 0.15) is 20.3 Å². The average molecular weight is 589 g/mol. The maximum absolute atomic E-state index is 2.43. The van der Waals surface area contributed by atoms with Crippen molar-refractivity contribution in [3.8, 4) is 0 Å². The van der Waals surface area contributed by atoms with Crippen LogP contribution in [0.15, 0.2) is 198 Å². The normalized spacial score (nSPS) is 14.3. The molecule has 6 rings (SSSR count). The molecule has 0 aromatic heterocycles. The highest BCUT2D eigenvalue weighted by atomic mass is 32.2. The van der Waals surface area contributed by atoms with E-state index in [9.17, 15) is 0 Å². The highest BCUT2D eigenvalue weighted by molar-refractivity contribution is 8.03. The molecule has 0 saturated heterocycles. The van der Waals surface area contributed by atoms with E-state index in [0.717, 1.165) is 6.42 Å². The third kappa shape index (κ3) is 7.48. The third-order valence-electron chi connectivity index (χ3n) is 6.58. The van der Waals surface area contributed by atoms with E-state index < -0.39 is 0 Å². The number of hydrogen-bond donors (Lipinski definition) is 0. The smallest absolute Gasteiger partial charge is 0.0904 e. The predicted octanol–water partition coefficient (Wildman–Crippen LogP) is 10.8. The highest BCUT2D eigenvalue weighted by Gasteiger charge is 2.34. The molecule has 0 N–H and O–H groups in total. The van der Waals surface area contributed by atoms with E-state index in [4.69, 9.17) is 0 Å². The number of thioether (sulfide) groups is 1. The minimum absolute atomic E-state index is 0.0162. The monoisotopic (exact) mass is 588 g/mol. The summed E-state index contributed by atoms with van der Waals surface area (Å²) in [5, 5.41) is 0.472. The van der Waals surface area contributed by atoms with Crippen molar-refractivity contribution in [1.29, 1.82) is 0 Å². The van der Waals surface area contributed by atoms with Crippen LogP contribution in [0.2, 0.25) is 0 Å². The van der Waals surface area contributed by atoms with Gasteiger partial charge in [0, 0.05) is 16.2 Å². The first-order chi connectivity index (χ1) is 20.3. The number of rotatable bonds is 8. The van der Waals surface area contributed by atoms with Gasteiger partial charge in [0.05, 0.1) is 21.8 Å². The predicted molar refractivity (Wildman–Crippen MR) is 181 cm³/mol. The first-order valence-corrected chi connectivity index (χ1v) is 17.5. The van der Waals surface area contributed by atoms with Gasteiger partial charge in [0.15, 0.2) is 29.7 Å². The molecule has 0 saturated carbocycles. The van der Waals surface area contributed by atoms with Gasteiger partial charge in [-0.2, -0.15) is 0 Å². The van der Waals surface area contributed by atoms with Gasteiger partial charge < -0.3 is 0 Å². The zero-order chi connectivity index (χ0) is 28.3. The van der Waals surface area contributed by atoms with Crippen LogP contribution in [-0.2, 0) is 21.8 Å². The van der Waals surface area contributed by atoms with Gasteiger partial charge in [0.1, 0.15) is 0 Å². The molecule has 204 valence electrons. The summed E-state index contributed by atoms with van der Waals surface area (Å²) < 4.78 is 0. The molecule has 0 amide bonds. The fourth-order valence-corrected chi connectivity index (χ4v) is 10.1. The lowest BCUT2D eigenvalue weighted by atomic mass is 10.2. The van der Waals surface area contributed by atoms with Gasteiger partial charge in [-0.05, 0) is 84.9 Å². The Kier molecular flexibility index (Phi) is 10.7. The van der Waals surface area contributed by atoms with Gasteiger partial charge in [0.2, 0.25) is 0 Å². The number of hydrogen-bond acceptors (Lipinski definition) is 1. The zero-order valence-corrected chi connectivity index (χ0v) is 26.0. The van der Waals surface area contributed by atoms with E-state index in [0.29, 0.717) is 5.25 Å². The van der Waals surface area contributed by atoms with E-state index in [2.05, 4.69) is 164 Å². The van der Waals surface area contributed by atoms with Crippen molar-refractivity contribution in [1.82, 2.24) is 0 Å². The Bertz CT molecular complexity index is 1450. The quantitative estimate of drug-likeness (QED) is 0.162. The highest BCUT2D eigenvalue weighted by Crippen LogP contribution is 2.37. The molecule has 1 atom stereocenters. The van der Waals surface area contributed by atoms with Crippen LogP contribution in [0.4, 0.5) is 0 Å². The Hall–Kier alpha value is -3.37. The summed E-state index contributed by atoms with van der Waals surface area (Å²) in [6, 6.07) is 52.8. The summed E-state index contributed by atoms with van der Waals surface area (Å²) >= 11 is 1.86. The van der Waals surface area contributed by atoms with Gasteiger partial charge >= 0.3 is 0 Å². The molecule has 0 spiro atoms. The molecule has 41 heavy (non-hydrogen) atoms. The summed E-state index contributed by atoms with van der Waals surface area (Å²) in [4.78, 5) is 9.47. The number of benzene rings is 5. The van der Waals surface area contributed by atoms with Crippen LogP contribution < -0.4 is 0 Å². The second kappa shape index (κ2) is 15.0. The van der Waals surface area contributed by atoms with E-state index in [1.807, 2.05) is 25.6 Å². The first-order valence-electron chi connectivity index (χ1n) is 14.2. The van der Waals surface area contributed by atoms with E-state index >= 15 is 0 Å². The Morgan fingerprint density at radius 2 is 0.927 bits per heavy atom. The molecule has 0 nitrogen and oxygen atoms in total. The minimum Gasteiger partial charge on any atom is -0.0904 e. The van der Waals surface area contributed by atoms with Crippen molar-refractivity contribution in [2.24, 2.45) is 0 Å². The summed E-state index contributed by atoms with van der Waals surface area (Å²) in [6.45, 7) is 4.00. The molecule has 0 radical (unpaired) electrons. The molecular formula is C38H36S3+2. The lowest BCUT2D eigenvalue weighted by Crippen LogP contribution is -2.21.